The Labute approximate surface area is 522 Å². The molecule has 22 heteroatoms. The Morgan fingerprint density at radius 3 is 0.826 bits per heavy atom. The van der Waals surface area contributed by atoms with E-state index in [9.17, 15) is 40.2 Å². The van der Waals surface area contributed by atoms with Crippen molar-refractivity contribution in [3.63, 3.8) is 0 Å². The number of hydrogen-bond donors (Lipinski definition) is 0. The summed E-state index contributed by atoms with van der Waals surface area (Å²) in [5.74, 6) is -7.87. The summed E-state index contributed by atoms with van der Waals surface area (Å²) in [6.45, 7) is 10.8. The lowest BCUT2D eigenvalue weighted by atomic mass is 9.80. The van der Waals surface area contributed by atoms with E-state index < -0.39 is 72.8 Å². The molecular formula is C70H46N6O16. The average Bonchev–Trinajstić information content (AvgIpc) is 0.673. The number of fused-ring (bicyclic) bond motifs is 2. The number of esters is 4. The molecule has 92 heavy (non-hydrogen) atoms. The van der Waals surface area contributed by atoms with Crippen molar-refractivity contribution >= 4 is 90.6 Å². The second-order valence-electron chi connectivity index (χ2n) is 21.1. The van der Waals surface area contributed by atoms with Crippen LogP contribution in [-0.4, -0.2) is 95.8 Å². The summed E-state index contributed by atoms with van der Waals surface area (Å²) < 4.78 is 48.6. The predicted molar refractivity (Wildman–Crippen MR) is 326 cm³/mol. The number of nitrogens with zero attached hydrogens (tertiary/aromatic N) is 6. The van der Waals surface area contributed by atoms with Crippen molar-refractivity contribution in [3.05, 3.63) is 190 Å². The van der Waals surface area contributed by atoms with Gasteiger partial charge < -0.3 is 37.9 Å². The van der Waals surface area contributed by atoms with Crippen molar-refractivity contribution in [3.8, 4) is 70.3 Å². The Morgan fingerprint density at radius 2 is 0.609 bits per heavy atom. The number of nitriles is 4. The van der Waals surface area contributed by atoms with Crippen LogP contribution in [0.4, 0.5) is 0 Å². The largest absolute Gasteiger partial charge is 0.461 e. The minimum atomic E-state index is -1.64. The highest BCUT2D eigenvalue weighted by Gasteiger charge is 2.45. The highest BCUT2D eigenvalue weighted by atomic mass is 16.6. The van der Waals surface area contributed by atoms with E-state index in [0.717, 1.165) is 0 Å². The van der Waals surface area contributed by atoms with Gasteiger partial charge >= 0.3 is 23.9 Å². The van der Waals surface area contributed by atoms with E-state index >= 15 is 19.2 Å². The number of benzene rings is 9. The molecule has 0 bridgehead atoms. The van der Waals surface area contributed by atoms with Gasteiger partial charge in [-0.25, -0.2) is 19.2 Å². The van der Waals surface area contributed by atoms with Crippen LogP contribution in [0, 0.1) is 45.3 Å². The summed E-state index contributed by atoms with van der Waals surface area (Å²) in [6.07, 6.45) is 0. The fourth-order valence-electron chi connectivity index (χ4n) is 10.7. The van der Waals surface area contributed by atoms with Crippen LogP contribution < -0.4 is 18.9 Å². The van der Waals surface area contributed by atoms with E-state index in [1.165, 1.54) is 149 Å². The van der Waals surface area contributed by atoms with Crippen LogP contribution in [0.15, 0.2) is 146 Å². The molecule has 2 unspecified atom stereocenters. The first kappa shape index (κ1) is 60.8. The van der Waals surface area contributed by atoms with Gasteiger partial charge in [0.2, 0.25) is 0 Å². The summed E-state index contributed by atoms with van der Waals surface area (Å²) in [5, 5.41) is 39.6. The molecule has 0 saturated heterocycles. The fourth-order valence-corrected chi connectivity index (χ4v) is 10.7. The SMILES string of the molecule is C=C(C)C(=O)OCCOC(=O)C(C)N1C(=O)c2cc(Oc3ccc(C#N)cc3)c3c4c(Oc5ccc(C#N)cc5)cc5c6c(cc(Oc7ccc(C#N)cc7)c(c7c(Oc8ccc(C#N)cc8)cc(c2c37)C1=O)c64)C(=O)N(C(C)C(=O)OCCOC(=O)C(=C)C)C5=O. The molecule has 2 heterocycles. The number of hydrogen-bond acceptors (Lipinski definition) is 20. The molecule has 0 fully saturated rings. The van der Waals surface area contributed by atoms with Gasteiger partial charge in [0.15, 0.2) is 0 Å². The van der Waals surface area contributed by atoms with E-state index in [1.54, 1.807) is 0 Å². The number of carbonyl (C=O) groups is 8. The van der Waals surface area contributed by atoms with Crippen LogP contribution in [0.3, 0.4) is 0 Å². The average molecular weight is 1230 g/mol. The van der Waals surface area contributed by atoms with Gasteiger partial charge in [0, 0.05) is 54.2 Å². The van der Waals surface area contributed by atoms with Crippen LogP contribution >= 0.6 is 0 Å². The first-order valence-electron chi connectivity index (χ1n) is 28.1. The standard InChI is InChI=1S/C70H46N6O16/c1-35(2)67(81)85-23-25-87-69(83)37(5)75-63(77)47-27-51(89-43-15-7-39(31-71)8-16-43)57-59-53(91-45-19-11-41(33-73)12-20-45)29-49-56-50(66(80)76(65(49)79)38(6)70(84)88-26-24-86-68(82)36(3)4)30-54(92-46-21-13-42(34-74)14-22-46)60(62(56)59)58-52(28-48(64(75)78)55(47)61(57)58)90-44-17-9-40(32-72)10-18-44/h7-22,27-30,37-38H,1,3,23-26H2,2,4-6H3. The van der Waals surface area contributed by atoms with Crippen LogP contribution in [0.5, 0.6) is 46.0 Å². The molecule has 0 spiro atoms. The second kappa shape index (κ2) is 24.7. The van der Waals surface area contributed by atoms with Crippen LogP contribution in [-0.2, 0) is 38.1 Å². The maximum absolute atomic E-state index is 15.6. The minimum absolute atomic E-state index is 0.0272. The molecule has 9 aromatic carbocycles. The topological polar surface area (TPSA) is 312 Å². The number of amides is 4. The molecule has 2 atom stereocenters. The number of carbonyl (C=O) groups excluding carboxylic acids is 8. The second-order valence-corrected chi connectivity index (χ2v) is 21.1. The molecule has 9 aromatic rings. The fraction of sp³-hybridized carbons (Fsp3) is 0.143. The molecule has 0 aromatic heterocycles. The van der Waals surface area contributed by atoms with Gasteiger partial charge in [-0.05, 0) is 149 Å². The molecule has 11 rings (SSSR count). The summed E-state index contributed by atoms with van der Waals surface area (Å²) in [5.41, 5.74) is 0.338. The number of imide groups is 2. The maximum Gasteiger partial charge on any atom is 0.333 e. The molecule has 0 N–H and O–H groups in total. The van der Waals surface area contributed by atoms with E-state index in [4.69, 9.17) is 37.9 Å². The van der Waals surface area contributed by atoms with Crippen molar-refractivity contribution in [2.75, 3.05) is 26.4 Å². The maximum atomic E-state index is 15.6. The third-order valence-corrected chi connectivity index (χ3v) is 15.1. The van der Waals surface area contributed by atoms with Crippen LogP contribution in [0.1, 0.15) is 91.4 Å². The third kappa shape index (κ3) is 11.0. The molecule has 4 amide bonds. The van der Waals surface area contributed by atoms with Gasteiger partial charge in [-0.2, -0.15) is 21.0 Å². The first-order chi connectivity index (χ1) is 44.2. The zero-order valence-electron chi connectivity index (χ0n) is 49.2. The Bertz CT molecular complexity index is 4340. The quantitative estimate of drug-likeness (QED) is 0.0130. The van der Waals surface area contributed by atoms with Gasteiger partial charge in [-0.1, -0.05) is 13.2 Å². The smallest absolute Gasteiger partial charge is 0.333 e. The molecule has 2 aliphatic rings. The van der Waals surface area contributed by atoms with Crippen molar-refractivity contribution in [1.82, 2.24) is 9.80 Å². The molecule has 22 nitrogen and oxygen atoms in total. The van der Waals surface area contributed by atoms with Gasteiger partial charge in [-0.3, -0.25) is 29.0 Å². The van der Waals surface area contributed by atoms with Gasteiger partial charge in [0.1, 0.15) is 84.5 Å². The van der Waals surface area contributed by atoms with E-state index in [1.807, 2.05) is 0 Å². The van der Waals surface area contributed by atoms with Gasteiger partial charge in [0.05, 0.1) is 68.8 Å². The van der Waals surface area contributed by atoms with Crippen molar-refractivity contribution in [2.45, 2.75) is 39.8 Å². The van der Waals surface area contributed by atoms with Gasteiger partial charge in [-0.15, -0.1) is 0 Å². The zero-order chi connectivity index (χ0) is 65.4. The summed E-state index contributed by atoms with van der Waals surface area (Å²) >= 11 is 0. The molecule has 0 aliphatic carbocycles. The lowest BCUT2D eigenvalue weighted by Gasteiger charge is -2.34. The Kier molecular flexibility index (Phi) is 16.3. The number of ether oxygens (including phenoxy) is 8. The Hall–Kier alpha value is -12.9. The summed E-state index contributed by atoms with van der Waals surface area (Å²) in [4.78, 5) is 116. The molecule has 2 aliphatic heterocycles. The van der Waals surface area contributed by atoms with Crippen molar-refractivity contribution in [1.29, 1.82) is 21.0 Å². The Balaban J connectivity index is 1.26. The van der Waals surface area contributed by atoms with Crippen LogP contribution in [0.25, 0.3) is 43.1 Å². The molecule has 0 saturated carbocycles. The lowest BCUT2D eigenvalue weighted by Crippen LogP contribution is -2.50. The summed E-state index contributed by atoms with van der Waals surface area (Å²) in [7, 11) is 0. The zero-order valence-corrected chi connectivity index (χ0v) is 49.2. The van der Waals surface area contributed by atoms with E-state index in [-0.39, 0.29) is 158 Å². The normalized spacial score (nSPS) is 12.9. The van der Waals surface area contributed by atoms with E-state index in [2.05, 4.69) is 37.4 Å². The minimum Gasteiger partial charge on any atom is -0.461 e. The van der Waals surface area contributed by atoms with Crippen LogP contribution in [0.2, 0.25) is 0 Å². The van der Waals surface area contributed by atoms with E-state index in [0.29, 0.717) is 9.80 Å². The first-order valence-corrected chi connectivity index (χ1v) is 28.1. The molecule has 0 radical (unpaired) electrons. The summed E-state index contributed by atoms with van der Waals surface area (Å²) in [6, 6.07) is 34.0. The predicted octanol–water partition coefficient (Wildman–Crippen LogP) is 11.7. The van der Waals surface area contributed by atoms with Crippen molar-refractivity contribution in [2.24, 2.45) is 0 Å². The monoisotopic (exact) mass is 1230 g/mol. The molecular weight excluding hydrogens is 1180 g/mol. The lowest BCUT2D eigenvalue weighted by molar-refractivity contribution is -0.153. The third-order valence-electron chi connectivity index (χ3n) is 15.1. The van der Waals surface area contributed by atoms with Gasteiger partial charge in [0.25, 0.3) is 23.6 Å². The Morgan fingerprint density at radius 1 is 0.380 bits per heavy atom. The molecule has 452 valence electrons. The highest BCUT2D eigenvalue weighted by molar-refractivity contribution is 6.45. The highest BCUT2D eigenvalue weighted by Crippen LogP contribution is 2.58. The number of rotatable bonds is 20. The van der Waals surface area contributed by atoms with Crippen molar-refractivity contribution < 1.29 is 76.3 Å².